The zero-order valence-corrected chi connectivity index (χ0v) is 11.6. The molecule has 1 unspecified atom stereocenters. The Morgan fingerprint density at radius 2 is 1.67 bits per heavy atom. The molecule has 1 N–H and O–H groups in total. The number of carbonyl (C=O) groups is 2. The number of aliphatic hydroxyl groups excluding tert-OH is 1. The molecule has 1 rings (SSSR count). The van der Waals surface area contributed by atoms with Crippen molar-refractivity contribution in [3.05, 3.63) is 35.4 Å². The third-order valence-electron chi connectivity index (χ3n) is 2.68. The second-order valence-corrected chi connectivity index (χ2v) is 4.09. The summed E-state index contributed by atoms with van der Waals surface area (Å²) in [6.45, 7) is 3.00. The topological polar surface area (TPSA) is 72.8 Å². The zero-order valence-electron chi connectivity index (χ0n) is 11.6. The van der Waals surface area contributed by atoms with Crippen LogP contribution in [0.5, 0.6) is 0 Å². The zero-order chi connectivity index (χ0) is 16.0. The van der Waals surface area contributed by atoms with Crippen molar-refractivity contribution in [1.29, 1.82) is 0 Å². The summed E-state index contributed by atoms with van der Waals surface area (Å²) >= 11 is 0. The van der Waals surface area contributed by atoms with Gasteiger partial charge in [0.1, 0.15) is 17.7 Å². The van der Waals surface area contributed by atoms with Crippen molar-refractivity contribution in [2.75, 3.05) is 13.2 Å². The summed E-state index contributed by atoms with van der Waals surface area (Å²) in [7, 11) is 0. The number of carbonyl (C=O) groups excluding carboxylic acids is 2. The van der Waals surface area contributed by atoms with Crippen LogP contribution in [0.25, 0.3) is 0 Å². The van der Waals surface area contributed by atoms with Gasteiger partial charge in [-0.25, -0.2) is 8.78 Å². The first-order valence-corrected chi connectivity index (χ1v) is 6.38. The normalized spacial score (nSPS) is 12.1. The van der Waals surface area contributed by atoms with Gasteiger partial charge in [0.15, 0.2) is 5.92 Å². The van der Waals surface area contributed by atoms with E-state index in [0.717, 1.165) is 12.1 Å². The lowest BCUT2D eigenvalue weighted by Gasteiger charge is -2.20. The molecule has 0 aromatic heterocycles. The van der Waals surface area contributed by atoms with Crippen molar-refractivity contribution in [2.45, 2.75) is 20.0 Å². The van der Waals surface area contributed by atoms with Crippen LogP contribution in [-0.4, -0.2) is 30.3 Å². The molecule has 0 spiro atoms. The van der Waals surface area contributed by atoms with Gasteiger partial charge < -0.3 is 14.6 Å². The van der Waals surface area contributed by atoms with Crippen molar-refractivity contribution >= 4 is 11.9 Å². The number of aliphatic hydroxyl groups is 1. The van der Waals surface area contributed by atoms with Gasteiger partial charge in [0.2, 0.25) is 0 Å². The predicted molar refractivity (Wildman–Crippen MR) is 68.1 cm³/mol. The number of ether oxygens (including phenoxy) is 2. The van der Waals surface area contributed by atoms with Crippen molar-refractivity contribution < 1.29 is 33.0 Å². The molecule has 0 fully saturated rings. The minimum Gasteiger partial charge on any atom is -0.465 e. The third-order valence-corrected chi connectivity index (χ3v) is 2.68. The smallest absolute Gasteiger partial charge is 0.323 e. The second-order valence-electron chi connectivity index (χ2n) is 4.09. The van der Waals surface area contributed by atoms with Crippen LogP contribution in [-0.2, 0) is 19.1 Å². The summed E-state index contributed by atoms with van der Waals surface area (Å²) in [6, 6.07) is 2.42. The molecular formula is C14H16F2O5. The average Bonchev–Trinajstić information content (AvgIpc) is 2.39. The van der Waals surface area contributed by atoms with Gasteiger partial charge >= 0.3 is 11.9 Å². The minimum atomic E-state index is -1.83. The van der Waals surface area contributed by atoms with Crippen LogP contribution in [0.4, 0.5) is 8.78 Å². The monoisotopic (exact) mass is 302 g/mol. The molecule has 0 amide bonds. The molecule has 1 aromatic carbocycles. The fourth-order valence-corrected chi connectivity index (χ4v) is 1.74. The molecule has 5 nitrogen and oxygen atoms in total. The van der Waals surface area contributed by atoms with E-state index in [0.29, 0.717) is 6.07 Å². The van der Waals surface area contributed by atoms with Crippen molar-refractivity contribution in [3.8, 4) is 0 Å². The fraction of sp³-hybridized carbons (Fsp3) is 0.429. The highest BCUT2D eigenvalue weighted by molar-refractivity contribution is 5.95. The van der Waals surface area contributed by atoms with E-state index in [1.165, 1.54) is 13.8 Å². The highest BCUT2D eigenvalue weighted by Crippen LogP contribution is 2.27. The number of halogens is 2. The third kappa shape index (κ3) is 4.22. The number of esters is 2. The molecule has 0 aliphatic heterocycles. The maximum Gasteiger partial charge on any atom is 0.323 e. The quantitative estimate of drug-likeness (QED) is 0.640. The lowest BCUT2D eigenvalue weighted by atomic mass is 9.95. The molecule has 0 aliphatic rings. The van der Waals surface area contributed by atoms with Crippen LogP contribution < -0.4 is 0 Å². The molecule has 1 aromatic rings. The number of hydrogen-bond acceptors (Lipinski definition) is 5. The molecule has 0 saturated carbocycles. The van der Waals surface area contributed by atoms with Crippen molar-refractivity contribution in [1.82, 2.24) is 0 Å². The molecular weight excluding hydrogens is 286 g/mol. The van der Waals surface area contributed by atoms with Gasteiger partial charge in [-0.3, -0.25) is 9.59 Å². The van der Waals surface area contributed by atoms with E-state index < -0.39 is 35.6 Å². The fourth-order valence-electron chi connectivity index (χ4n) is 1.74. The number of benzene rings is 1. The Hall–Kier alpha value is -2.02. The molecule has 1 atom stereocenters. The maximum atomic E-state index is 13.7. The Morgan fingerprint density at radius 3 is 2.10 bits per heavy atom. The van der Waals surface area contributed by atoms with E-state index in [1.807, 2.05) is 0 Å². The minimum absolute atomic E-state index is 0.0205. The summed E-state index contributed by atoms with van der Waals surface area (Å²) in [4.78, 5) is 23.5. The molecule has 0 radical (unpaired) electrons. The van der Waals surface area contributed by atoms with E-state index in [1.54, 1.807) is 0 Å². The summed E-state index contributed by atoms with van der Waals surface area (Å²) in [6.07, 6.45) is -1.83. The standard InChI is InChI=1S/C14H16F2O5/c1-3-20-13(18)11(14(19)21-4-2)12(17)9-6-5-8(15)7-10(9)16/h5-7,11-12,17H,3-4H2,1-2H3. The van der Waals surface area contributed by atoms with Crippen molar-refractivity contribution in [3.63, 3.8) is 0 Å². The lowest BCUT2D eigenvalue weighted by Crippen LogP contribution is -2.33. The molecule has 0 saturated heterocycles. The lowest BCUT2D eigenvalue weighted by molar-refractivity contribution is -0.167. The largest absolute Gasteiger partial charge is 0.465 e. The van der Waals surface area contributed by atoms with Gasteiger partial charge in [0.25, 0.3) is 0 Å². The van der Waals surface area contributed by atoms with Gasteiger partial charge in [-0.15, -0.1) is 0 Å². The summed E-state index contributed by atoms with van der Waals surface area (Å²) in [5.41, 5.74) is -0.387. The molecule has 0 bridgehead atoms. The van der Waals surface area contributed by atoms with Crippen LogP contribution in [0.2, 0.25) is 0 Å². The Bertz CT molecular complexity index is 500. The Kier molecular flexibility index (Phi) is 6.23. The molecule has 7 heteroatoms. The first-order valence-electron chi connectivity index (χ1n) is 6.38. The van der Waals surface area contributed by atoms with E-state index in [2.05, 4.69) is 9.47 Å². The highest BCUT2D eigenvalue weighted by atomic mass is 19.1. The predicted octanol–water partition coefficient (Wildman–Crippen LogP) is 1.74. The van der Waals surface area contributed by atoms with E-state index in [9.17, 15) is 23.5 Å². The number of hydrogen-bond donors (Lipinski definition) is 1. The van der Waals surface area contributed by atoms with E-state index >= 15 is 0 Å². The molecule has 116 valence electrons. The summed E-state index contributed by atoms with van der Waals surface area (Å²) in [5, 5.41) is 10.1. The molecule has 21 heavy (non-hydrogen) atoms. The van der Waals surface area contributed by atoms with Gasteiger partial charge in [0.05, 0.1) is 13.2 Å². The first kappa shape index (κ1) is 17.0. The Labute approximate surface area is 120 Å². The molecule has 0 heterocycles. The van der Waals surface area contributed by atoms with Gasteiger partial charge in [-0.2, -0.15) is 0 Å². The average molecular weight is 302 g/mol. The highest BCUT2D eigenvalue weighted by Gasteiger charge is 2.38. The first-order chi connectivity index (χ1) is 9.92. The van der Waals surface area contributed by atoms with Crippen LogP contribution in [0.3, 0.4) is 0 Å². The second kappa shape index (κ2) is 7.68. The van der Waals surface area contributed by atoms with Crippen molar-refractivity contribution in [2.24, 2.45) is 5.92 Å². The van der Waals surface area contributed by atoms with Gasteiger partial charge in [-0.1, -0.05) is 6.07 Å². The van der Waals surface area contributed by atoms with Crippen LogP contribution in [0, 0.1) is 17.6 Å². The molecule has 0 aliphatic carbocycles. The summed E-state index contributed by atoms with van der Waals surface area (Å²) in [5.74, 6) is -5.71. The SMILES string of the molecule is CCOC(=O)C(C(=O)OCC)C(O)c1ccc(F)cc1F. The van der Waals surface area contributed by atoms with Crippen LogP contribution in [0.15, 0.2) is 18.2 Å². The number of rotatable bonds is 6. The summed E-state index contributed by atoms with van der Waals surface area (Å²) < 4.78 is 35.9. The van der Waals surface area contributed by atoms with Crippen LogP contribution >= 0.6 is 0 Å². The maximum absolute atomic E-state index is 13.7. The van der Waals surface area contributed by atoms with Gasteiger partial charge in [0, 0.05) is 11.6 Å². The Balaban J connectivity index is 3.11. The van der Waals surface area contributed by atoms with E-state index in [-0.39, 0.29) is 18.8 Å². The van der Waals surface area contributed by atoms with Gasteiger partial charge in [-0.05, 0) is 19.9 Å². The van der Waals surface area contributed by atoms with Crippen LogP contribution in [0.1, 0.15) is 25.5 Å². The van der Waals surface area contributed by atoms with E-state index in [4.69, 9.17) is 0 Å². The Morgan fingerprint density at radius 1 is 1.14 bits per heavy atom.